The van der Waals surface area contributed by atoms with Crippen molar-refractivity contribution in [3.63, 3.8) is 0 Å². The Balaban J connectivity index is 2.00. The van der Waals surface area contributed by atoms with Crippen molar-refractivity contribution in [1.29, 1.82) is 0 Å². The van der Waals surface area contributed by atoms with E-state index in [9.17, 15) is 0 Å². The quantitative estimate of drug-likeness (QED) is 0.877. The minimum Gasteiger partial charge on any atom is -0.493 e. The second-order valence-electron chi connectivity index (χ2n) is 4.29. The molecule has 1 unspecified atom stereocenters. The van der Waals surface area contributed by atoms with Crippen LogP contribution in [-0.2, 0) is 11.3 Å². The third-order valence-electron chi connectivity index (χ3n) is 2.93. The van der Waals surface area contributed by atoms with E-state index in [0.29, 0.717) is 12.5 Å². The van der Waals surface area contributed by atoms with Gasteiger partial charge in [0.15, 0.2) is 0 Å². The summed E-state index contributed by atoms with van der Waals surface area (Å²) in [5, 5.41) is 3.85. The van der Waals surface area contributed by atoms with E-state index < -0.39 is 0 Å². The molecule has 3 nitrogen and oxygen atoms in total. The highest BCUT2D eigenvalue weighted by Gasteiger charge is 2.17. The molecule has 1 heterocycles. The van der Waals surface area contributed by atoms with Crippen LogP contribution in [0.1, 0.15) is 12.0 Å². The summed E-state index contributed by atoms with van der Waals surface area (Å²) < 4.78 is 11.2. The predicted octanol–water partition coefficient (Wildman–Crippen LogP) is 2.47. The van der Waals surface area contributed by atoms with Crippen LogP contribution in [-0.4, -0.2) is 26.9 Å². The van der Waals surface area contributed by atoms with Crippen molar-refractivity contribution in [3.05, 3.63) is 28.8 Å². The van der Waals surface area contributed by atoms with E-state index in [4.69, 9.17) is 21.1 Å². The van der Waals surface area contributed by atoms with Gasteiger partial charge in [0.2, 0.25) is 0 Å². The van der Waals surface area contributed by atoms with Crippen LogP contribution >= 0.6 is 11.6 Å². The molecule has 94 valence electrons. The number of hydrogen-bond acceptors (Lipinski definition) is 3. The summed E-state index contributed by atoms with van der Waals surface area (Å²) >= 11 is 6.16. The summed E-state index contributed by atoms with van der Waals surface area (Å²) in [4.78, 5) is 0. The molecule has 1 aliphatic rings. The highest BCUT2D eigenvalue weighted by atomic mass is 35.5. The molecule has 0 saturated carbocycles. The van der Waals surface area contributed by atoms with Gasteiger partial charge in [0, 0.05) is 29.7 Å². The van der Waals surface area contributed by atoms with E-state index in [0.717, 1.165) is 42.5 Å². The molecule has 1 aromatic carbocycles. The molecule has 1 fully saturated rings. The van der Waals surface area contributed by atoms with E-state index in [2.05, 4.69) is 5.32 Å². The SMILES string of the molecule is CNCc1c(Cl)cccc1OCC1CCOC1. The first-order valence-electron chi connectivity index (χ1n) is 5.94. The highest BCUT2D eigenvalue weighted by molar-refractivity contribution is 6.31. The predicted molar refractivity (Wildman–Crippen MR) is 68.6 cm³/mol. The van der Waals surface area contributed by atoms with Gasteiger partial charge in [-0.2, -0.15) is 0 Å². The Morgan fingerprint density at radius 3 is 3.12 bits per heavy atom. The van der Waals surface area contributed by atoms with Crippen LogP contribution in [0.3, 0.4) is 0 Å². The largest absolute Gasteiger partial charge is 0.493 e. The minimum atomic E-state index is 0.511. The second kappa shape index (κ2) is 6.24. The lowest BCUT2D eigenvalue weighted by Crippen LogP contribution is -2.14. The number of benzene rings is 1. The Hall–Kier alpha value is -0.770. The second-order valence-corrected chi connectivity index (χ2v) is 4.69. The Morgan fingerprint density at radius 2 is 2.41 bits per heavy atom. The third-order valence-corrected chi connectivity index (χ3v) is 3.28. The van der Waals surface area contributed by atoms with Crippen molar-refractivity contribution in [3.8, 4) is 5.75 Å². The Morgan fingerprint density at radius 1 is 1.53 bits per heavy atom. The average molecular weight is 256 g/mol. The van der Waals surface area contributed by atoms with Gasteiger partial charge in [0.1, 0.15) is 5.75 Å². The zero-order chi connectivity index (χ0) is 12.1. The van der Waals surface area contributed by atoms with E-state index in [1.807, 2.05) is 25.2 Å². The number of rotatable bonds is 5. The van der Waals surface area contributed by atoms with E-state index in [1.54, 1.807) is 0 Å². The van der Waals surface area contributed by atoms with Gasteiger partial charge in [0.25, 0.3) is 0 Å². The monoisotopic (exact) mass is 255 g/mol. The van der Waals surface area contributed by atoms with Crippen LogP contribution in [0.15, 0.2) is 18.2 Å². The maximum atomic E-state index is 6.16. The highest BCUT2D eigenvalue weighted by Crippen LogP contribution is 2.27. The number of hydrogen-bond donors (Lipinski definition) is 1. The molecule has 0 bridgehead atoms. The molecule has 0 radical (unpaired) electrons. The molecule has 0 aliphatic carbocycles. The van der Waals surface area contributed by atoms with E-state index in [-0.39, 0.29) is 0 Å². The molecule has 1 aromatic rings. The first-order chi connectivity index (χ1) is 8.31. The van der Waals surface area contributed by atoms with Crippen molar-refractivity contribution in [2.24, 2.45) is 5.92 Å². The summed E-state index contributed by atoms with van der Waals surface area (Å²) in [5.74, 6) is 1.38. The third kappa shape index (κ3) is 3.35. The minimum absolute atomic E-state index is 0.511. The first-order valence-corrected chi connectivity index (χ1v) is 6.31. The Labute approximate surface area is 107 Å². The standard InChI is InChI=1S/C13H18ClNO2/c1-15-7-11-12(14)3-2-4-13(11)17-9-10-5-6-16-8-10/h2-4,10,15H,5-9H2,1H3. The maximum Gasteiger partial charge on any atom is 0.125 e. The van der Waals surface area contributed by atoms with Gasteiger partial charge < -0.3 is 14.8 Å². The Bertz CT molecular complexity index is 364. The Kier molecular flexibility index (Phi) is 4.66. The molecule has 1 aliphatic heterocycles. The normalized spacial score (nSPS) is 19.5. The van der Waals surface area contributed by atoms with Gasteiger partial charge in [-0.1, -0.05) is 17.7 Å². The number of halogens is 1. The topological polar surface area (TPSA) is 30.5 Å². The lowest BCUT2D eigenvalue weighted by Gasteiger charge is -2.15. The summed E-state index contributed by atoms with van der Waals surface area (Å²) in [6.45, 7) is 3.09. The van der Waals surface area contributed by atoms with Crippen LogP contribution in [0.2, 0.25) is 5.02 Å². The summed E-state index contributed by atoms with van der Waals surface area (Å²) in [6, 6.07) is 5.77. The molecule has 0 amide bonds. The summed E-state index contributed by atoms with van der Waals surface area (Å²) in [7, 11) is 1.90. The molecule has 0 spiro atoms. The van der Waals surface area contributed by atoms with Gasteiger partial charge in [-0.25, -0.2) is 0 Å². The van der Waals surface area contributed by atoms with E-state index in [1.165, 1.54) is 0 Å². The van der Waals surface area contributed by atoms with Crippen LogP contribution < -0.4 is 10.1 Å². The van der Waals surface area contributed by atoms with Gasteiger partial charge in [-0.3, -0.25) is 0 Å². The van der Waals surface area contributed by atoms with Gasteiger partial charge in [-0.15, -0.1) is 0 Å². The fourth-order valence-electron chi connectivity index (χ4n) is 1.94. The van der Waals surface area contributed by atoms with Crippen LogP contribution in [0.25, 0.3) is 0 Å². The summed E-state index contributed by atoms with van der Waals surface area (Å²) in [5.41, 5.74) is 1.02. The van der Waals surface area contributed by atoms with Gasteiger partial charge in [-0.05, 0) is 25.6 Å². The van der Waals surface area contributed by atoms with Crippen molar-refractivity contribution in [1.82, 2.24) is 5.32 Å². The van der Waals surface area contributed by atoms with Gasteiger partial charge >= 0.3 is 0 Å². The van der Waals surface area contributed by atoms with E-state index >= 15 is 0 Å². The smallest absolute Gasteiger partial charge is 0.125 e. The zero-order valence-corrected chi connectivity index (χ0v) is 10.8. The van der Waals surface area contributed by atoms with Gasteiger partial charge in [0.05, 0.1) is 13.2 Å². The van der Waals surface area contributed by atoms with Crippen LogP contribution in [0.4, 0.5) is 0 Å². The van der Waals surface area contributed by atoms with Crippen molar-refractivity contribution >= 4 is 11.6 Å². The lowest BCUT2D eigenvalue weighted by atomic mass is 10.1. The maximum absolute atomic E-state index is 6.16. The molecule has 17 heavy (non-hydrogen) atoms. The molecule has 1 N–H and O–H groups in total. The fraction of sp³-hybridized carbons (Fsp3) is 0.538. The van der Waals surface area contributed by atoms with Crippen LogP contribution in [0.5, 0.6) is 5.75 Å². The van der Waals surface area contributed by atoms with Crippen LogP contribution in [0, 0.1) is 5.92 Å². The first kappa shape index (κ1) is 12.7. The van der Waals surface area contributed by atoms with Crippen molar-refractivity contribution in [2.45, 2.75) is 13.0 Å². The van der Waals surface area contributed by atoms with Crippen molar-refractivity contribution < 1.29 is 9.47 Å². The lowest BCUT2D eigenvalue weighted by molar-refractivity contribution is 0.166. The zero-order valence-electron chi connectivity index (χ0n) is 10.0. The van der Waals surface area contributed by atoms with Crippen molar-refractivity contribution in [2.75, 3.05) is 26.9 Å². The fourth-order valence-corrected chi connectivity index (χ4v) is 2.18. The molecule has 0 aromatic heterocycles. The number of nitrogens with one attached hydrogen (secondary N) is 1. The summed E-state index contributed by atoms with van der Waals surface area (Å²) in [6.07, 6.45) is 1.09. The molecule has 2 rings (SSSR count). The molecule has 4 heteroatoms. The molecule has 1 atom stereocenters. The molecular formula is C13H18ClNO2. The molecular weight excluding hydrogens is 238 g/mol. The molecule has 1 saturated heterocycles. The average Bonchev–Trinajstić information content (AvgIpc) is 2.83. The number of ether oxygens (including phenoxy) is 2.